The lowest BCUT2D eigenvalue weighted by Crippen LogP contribution is -2.56. The van der Waals surface area contributed by atoms with Crippen LogP contribution in [0.4, 0.5) is 0 Å². The van der Waals surface area contributed by atoms with Gasteiger partial charge in [-0.05, 0) is 124 Å². The standard InChI is InChI=1S/C33H51N3O2/c1-23-8-11-28-27(9-12-29-32(2,3)30(37)14-17-33(28,29)4)26(23)10-13-31(38)35-21-24-15-19-36(20-16-24)22-25-7-5-6-18-34-25/h5-7,18,24,27-30,37H,8-17,19-22H2,1-4H3,(H,35,38)/t27-,28-,29-,30-,33+/m0/s1. The molecule has 1 aliphatic heterocycles. The van der Waals surface area contributed by atoms with Crippen LogP contribution in [0.5, 0.6) is 0 Å². The zero-order valence-corrected chi connectivity index (χ0v) is 24.3. The van der Waals surface area contributed by atoms with Gasteiger partial charge in [-0.15, -0.1) is 0 Å². The van der Waals surface area contributed by atoms with Crippen molar-refractivity contribution in [1.82, 2.24) is 15.2 Å². The molecule has 3 aliphatic carbocycles. The minimum atomic E-state index is -0.172. The molecule has 0 unspecified atom stereocenters. The molecular formula is C33H51N3O2. The number of hydrogen-bond acceptors (Lipinski definition) is 4. The van der Waals surface area contributed by atoms with Gasteiger partial charge in [0, 0.05) is 25.7 Å². The monoisotopic (exact) mass is 521 g/mol. The molecular weight excluding hydrogens is 470 g/mol. The van der Waals surface area contributed by atoms with Crippen molar-refractivity contribution in [3.8, 4) is 0 Å². The second-order valence-electron chi connectivity index (χ2n) is 13.9. The number of rotatable bonds is 7. The van der Waals surface area contributed by atoms with Crippen molar-refractivity contribution in [2.45, 2.75) is 105 Å². The molecule has 4 aliphatic rings. The summed E-state index contributed by atoms with van der Waals surface area (Å²) in [5.41, 5.74) is 4.61. The van der Waals surface area contributed by atoms with Gasteiger partial charge in [0.15, 0.2) is 0 Å². The van der Waals surface area contributed by atoms with Crippen molar-refractivity contribution in [3.63, 3.8) is 0 Å². The molecule has 1 aromatic rings. The first-order valence-corrected chi connectivity index (χ1v) is 15.4. The van der Waals surface area contributed by atoms with E-state index in [-0.39, 0.29) is 17.4 Å². The molecule has 2 N–H and O–H groups in total. The van der Waals surface area contributed by atoms with E-state index in [9.17, 15) is 9.90 Å². The average molecular weight is 522 g/mol. The van der Waals surface area contributed by atoms with Crippen molar-refractivity contribution in [2.24, 2.45) is 34.5 Å². The van der Waals surface area contributed by atoms with Gasteiger partial charge >= 0.3 is 0 Å². The van der Waals surface area contributed by atoms with Gasteiger partial charge in [-0.3, -0.25) is 14.7 Å². The number of pyridine rings is 1. The molecule has 2 heterocycles. The first-order chi connectivity index (χ1) is 18.2. The van der Waals surface area contributed by atoms with Crippen LogP contribution in [0.3, 0.4) is 0 Å². The molecule has 0 spiro atoms. The van der Waals surface area contributed by atoms with Crippen LogP contribution >= 0.6 is 0 Å². The predicted octanol–water partition coefficient (Wildman–Crippen LogP) is 6.13. The van der Waals surface area contributed by atoms with Crippen molar-refractivity contribution < 1.29 is 9.90 Å². The second kappa shape index (κ2) is 11.4. The number of likely N-dealkylation sites (tertiary alicyclic amines) is 1. The molecule has 0 bridgehead atoms. The number of carbonyl (C=O) groups is 1. The van der Waals surface area contributed by atoms with Crippen LogP contribution in [0.15, 0.2) is 35.5 Å². The summed E-state index contributed by atoms with van der Waals surface area (Å²) in [5, 5.41) is 14.1. The summed E-state index contributed by atoms with van der Waals surface area (Å²) in [4.78, 5) is 19.9. The van der Waals surface area contributed by atoms with Crippen LogP contribution in [-0.4, -0.2) is 46.6 Å². The van der Waals surface area contributed by atoms with Crippen molar-refractivity contribution >= 4 is 5.91 Å². The fourth-order valence-electron chi connectivity index (χ4n) is 9.09. The smallest absolute Gasteiger partial charge is 0.220 e. The molecule has 1 aromatic heterocycles. The van der Waals surface area contributed by atoms with Gasteiger partial charge in [0.25, 0.3) is 0 Å². The van der Waals surface area contributed by atoms with Gasteiger partial charge in [-0.25, -0.2) is 0 Å². The summed E-state index contributed by atoms with van der Waals surface area (Å²) in [7, 11) is 0. The minimum Gasteiger partial charge on any atom is -0.393 e. The van der Waals surface area contributed by atoms with E-state index < -0.39 is 0 Å². The summed E-state index contributed by atoms with van der Waals surface area (Å²) in [6, 6.07) is 6.13. The molecule has 3 fully saturated rings. The number of allylic oxidation sites excluding steroid dienone is 2. The van der Waals surface area contributed by atoms with Crippen molar-refractivity contribution in [1.29, 1.82) is 0 Å². The maximum atomic E-state index is 12.9. The molecule has 5 nitrogen and oxygen atoms in total. The topological polar surface area (TPSA) is 65.5 Å². The Morgan fingerprint density at radius 2 is 1.89 bits per heavy atom. The summed E-state index contributed by atoms with van der Waals surface area (Å²) < 4.78 is 0. The highest BCUT2D eigenvalue weighted by Crippen LogP contribution is 2.64. The molecule has 0 radical (unpaired) electrons. The van der Waals surface area contributed by atoms with Gasteiger partial charge in [0.05, 0.1) is 11.8 Å². The average Bonchev–Trinajstić information content (AvgIpc) is 2.90. The molecule has 5 rings (SSSR count). The van der Waals surface area contributed by atoms with Crippen molar-refractivity contribution in [2.75, 3.05) is 19.6 Å². The highest BCUT2D eigenvalue weighted by molar-refractivity contribution is 5.76. The maximum absolute atomic E-state index is 12.9. The van der Waals surface area contributed by atoms with E-state index in [0.29, 0.717) is 35.5 Å². The van der Waals surface area contributed by atoms with E-state index in [1.54, 1.807) is 11.1 Å². The van der Waals surface area contributed by atoms with Crippen LogP contribution in [0.25, 0.3) is 0 Å². The Morgan fingerprint density at radius 3 is 2.63 bits per heavy atom. The number of nitrogens with one attached hydrogen (secondary N) is 1. The quantitative estimate of drug-likeness (QED) is 0.424. The van der Waals surface area contributed by atoms with E-state index in [2.05, 4.69) is 55.0 Å². The Kier molecular flexibility index (Phi) is 8.36. The number of piperidine rings is 1. The fourth-order valence-corrected chi connectivity index (χ4v) is 9.09. The van der Waals surface area contributed by atoms with E-state index in [0.717, 1.165) is 64.0 Å². The Bertz CT molecular complexity index is 997. The van der Waals surface area contributed by atoms with E-state index in [4.69, 9.17) is 0 Å². The Morgan fingerprint density at radius 1 is 1.11 bits per heavy atom. The van der Waals surface area contributed by atoms with Gasteiger partial charge in [0.2, 0.25) is 5.91 Å². The van der Waals surface area contributed by atoms with Gasteiger partial charge in [-0.2, -0.15) is 0 Å². The second-order valence-corrected chi connectivity index (χ2v) is 13.9. The molecule has 1 saturated heterocycles. The van der Waals surface area contributed by atoms with E-state index >= 15 is 0 Å². The molecule has 0 aromatic carbocycles. The Balaban J connectivity index is 1.10. The zero-order chi connectivity index (χ0) is 26.9. The molecule has 5 heteroatoms. The highest BCUT2D eigenvalue weighted by Gasteiger charge is 2.58. The van der Waals surface area contributed by atoms with Gasteiger partial charge in [0.1, 0.15) is 0 Å². The third kappa shape index (κ3) is 5.61. The molecule has 2 saturated carbocycles. The lowest BCUT2D eigenvalue weighted by atomic mass is 9.43. The predicted molar refractivity (Wildman–Crippen MR) is 153 cm³/mol. The summed E-state index contributed by atoms with van der Waals surface area (Å²) in [5.74, 6) is 2.74. The lowest BCUT2D eigenvalue weighted by Gasteiger charge is -2.62. The lowest BCUT2D eigenvalue weighted by molar-refractivity contribution is -0.149. The highest BCUT2D eigenvalue weighted by atomic mass is 16.3. The summed E-state index contributed by atoms with van der Waals surface area (Å²) in [6.45, 7) is 13.4. The molecule has 38 heavy (non-hydrogen) atoms. The van der Waals surface area contributed by atoms with Crippen LogP contribution in [0.2, 0.25) is 0 Å². The third-order valence-corrected chi connectivity index (χ3v) is 11.5. The summed E-state index contributed by atoms with van der Waals surface area (Å²) in [6.07, 6.45) is 12.5. The molecule has 1 amide bonds. The molecule has 210 valence electrons. The minimum absolute atomic E-state index is 0.00279. The first-order valence-electron chi connectivity index (χ1n) is 15.4. The SMILES string of the molecule is CC1=C(CCC(=O)NCC2CCN(Cc3ccccn3)CC2)[C@@H]2CC[C@H]3C(C)(C)[C@@H](O)CC[C@]3(C)[C@H]2CC1. The largest absolute Gasteiger partial charge is 0.393 e. The van der Waals surface area contributed by atoms with Crippen LogP contribution in [0.1, 0.15) is 97.6 Å². The number of hydrogen-bond donors (Lipinski definition) is 2. The first kappa shape index (κ1) is 27.8. The Hall–Kier alpha value is -1.72. The number of amides is 1. The maximum Gasteiger partial charge on any atom is 0.220 e. The van der Waals surface area contributed by atoms with E-state index in [1.807, 2.05) is 12.3 Å². The van der Waals surface area contributed by atoms with Crippen molar-refractivity contribution in [3.05, 3.63) is 41.2 Å². The number of carbonyl (C=O) groups excluding carboxylic acids is 1. The molecule has 5 atom stereocenters. The van der Waals surface area contributed by atoms with Gasteiger partial charge in [-0.1, -0.05) is 38.0 Å². The van der Waals surface area contributed by atoms with Crippen LogP contribution in [-0.2, 0) is 11.3 Å². The normalized spacial score (nSPS) is 33.9. The fraction of sp³-hybridized carbons (Fsp3) is 0.758. The zero-order valence-electron chi connectivity index (χ0n) is 24.3. The number of aliphatic hydroxyl groups is 1. The number of nitrogens with zero attached hydrogens (tertiary/aromatic N) is 2. The summed E-state index contributed by atoms with van der Waals surface area (Å²) >= 11 is 0. The van der Waals surface area contributed by atoms with E-state index in [1.165, 1.54) is 25.7 Å². The number of fused-ring (bicyclic) bond motifs is 3. The third-order valence-electron chi connectivity index (χ3n) is 11.5. The Labute approximate surface area is 230 Å². The number of aromatic nitrogens is 1. The van der Waals surface area contributed by atoms with Crippen LogP contribution < -0.4 is 5.32 Å². The van der Waals surface area contributed by atoms with Gasteiger partial charge < -0.3 is 10.4 Å². The number of aliphatic hydroxyl groups excluding tert-OH is 1. The van der Waals surface area contributed by atoms with Crippen LogP contribution in [0, 0.1) is 34.5 Å².